The van der Waals surface area contributed by atoms with Gasteiger partial charge in [-0.1, -0.05) is 48.5 Å². The highest BCUT2D eigenvalue weighted by atomic mass is 16.5. The molecule has 1 N–H and O–H groups in total. The molecule has 4 rings (SSSR count). The number of carbonyl (C=O) groups excluding carboxylic acids is 2. The average molecular weight is 399 g/mol. The van der Waals surface area contributed by atoms with E-state index in [1.807, 2.05) is 30.3 Å². The second-order valence-electron chi connectivity index (χ2n) is 7.63. The normalized spacial score (nSPS) is 13.8. The highest BCUT2D eigenvalue weighted by molar-refractivity contribution is 6.14. The zero-order valence-electron chi connectivity index (χ0n) is 17.1. The topological polar surface area (TPSA) is 55.4 Å². The molecule has 1 aliphatic rings. The van der Waals surface area contributed by atoms with Gasteiger partial charge < -0.3 is 10.1 Å². The third kappa shape index (κ3) is 4.43. The smallest absolute Gasteiger partial charge is 0.265 e. The number of carbonyl (C=O) groups is 2. The van der Waals surface area contributed by atoms with Crippen molar-refractivity contribution in [2.24, 2.45) is 0 Å². The van der Waals surface area contributed by atoms with Gasteiger partial charge in [-0.3, -0.25) is 9.59 Å². The van der Waals surface area contributed by atoms with Crippen molar-refractivity contribution in [1.82, 2.24) is 0 Å². The minimum absolute atomic E-state index is 0.130. The fourth-order valence-corrected chi connectivity index (χ4v) is 3.81. The summed E-state index contributed by atoms with van der Waals surface area (Å²) in [5.41, 5.74) is 4.21. The lowest BCUT2D eigenvalue weighted by molar-refractivity contribution is -0.122. The molecule has 4 nitrogen and oxygen atoms in total. The molecule has 1 amide bonds. The summed E-state index contributed by atoms with van der Waals surface area (Å²) in [4.78, 5) is 25.6. The Balaban J connectivity index is 1.47. The number of nitrogens with one attached hydrogen (secondary N) is 1. The Morgan fingerprint density at radius 3 is 2.37 bits per heavy atom. The van der Waals surface area contributed by atoms with Crippen LogP contribution in [0.3, 0.4) is 0 Å². The van der Waals surface area contributed by atoms with Crippen LogP contribution < -0.4 is 10.1 Å². The van der Waals surface area contributed by atoms with Crippen molar-refractivity contribution in [3.63, 3.8) is 0 Å². The lowest BCUT2D eigenvalue weighted by atomic mass is 9.92. The van der Waals surface area contributed by atoms with Gasteiger partial charge in [-0.25, -0.2) is 0 Å². The van der Waals surface area contributed by atoms with Crippen molar-refractivity contribution < 1.29 is 14.3 Å². The van der Waals surface area contributed by atoms with Gasteiger partial charge in [0, 0.05) is 11.1 Å². The highest BCUT2D eigenvalue weighted by Gasteiger charge is 2.20. The summed E-state index contributed by atoms with van der Waals surface area (Å²) >= 11 is 0. The molecule has 3 aromatic carbocycles. The third-order valence-corrected chi connectivity index (χ3v) is 5.47. The van der Waals surface area contributed by atoms with Gasteiger partial charge in [-0.2, -0.15) is 0 Å². The van der Waals surface area contributed by atoms with E-state index in [4.69, 9.17) is 4.74 Å². The molecule has 0 bridgehead atoms. The molecular weight excluding hydrogens is 374 g/mol. The van der Waals surface area contributed by atoms with Gasteiger partial charge in [0.05, 0.1) is 5.69 Å². The predicted molar refractivity (Wildman–Crippen MR) is 118 cm³/mol. The number of ketones is 1. The minimum atomic E-state index is -0.688. The van der Waals surface area contributed by atoms with Crippen molar-refractivity contribution in [1.29, 1.82) is 0 Å². The molecule has 0 aliphatic heterocycles. The summed E-state index contributed by atoms with van der Waals surface area (Å²) in [5.74, 6) is 0.280. The number of hydrogen-bond acceptors (Lipinski definition) is 3. The first-order valence-electron chi connectivity index (χ1n) is 10.4. The van der Waals surface area contributed by atoms with E-state index < -0.39 is 6.10 Å². The number of para-hydroxylation sites is 1. The molecule has 0 fully saturated rings. The summed E-state index contributed by atoms with van der Waals surface area (Å²) in [6.07, 6.45) is 3.90. The maximum absolute atomic E-state index is 12.9. The molecule has 0 radical (unpaired) electrons. The van der Waals surface area contributed by atoms with Crippen molar-refractivity contribution in [2.75, 3.05) is 5.32 Å². The minimum Gasteiger partial charge on any atom is -0.481 e. The van der Waals surface area contributed by atoms with Gasteiger partial charge in [-0.05, 0) is 68.0 Å². The Hall–Kier alpha value is -3.40. The standard InChI is InChI=1S/C26H25NO3/c1-18(30-22-16-15-19-9-5-6-12-21(19)17-22)26(29)27-24-14-8-7-13-23(24)25(28)20-10-3-2-4-11-20/h2-4,7-8,10-11,13-18H,5-6,9,12H2,1H3,(H,27,29). The Morgan fingerprint density at radius 1 is 0.867 bits per heavy atom. The number of aryl methyl sites for hydroxylation is 2. The molecule has 0 spiro atoms. The zero-order chi connectivity index (χ0) is 20.9. The molecule has 1 unspecified atom stereocenters. The number of fused-ring (bicyclic) bond motifs is 1. The number of ether oxygens (including phenoxy) is 1. The summed E-state index contributed by atoms with van der Waals surface area (Å²) in [6, 6.07) is 22.2. The van der Waals surface area contributed by atoms with Crippen LogP contribution in [-0.2, 0) is 17.6 Å². The molecule has 4 heteroatoms. The first-order valence-corrected chi connectivity index (χ1v) is 10.4. The average Bonchev–Trinajstić information content (AvgIpc) is 2.79. The van der Waals surface area contributed by atoms with Crippen LogP contribution in [-0.4, -0.2) is 17.8 Å². The van der Waals surface area contributed by atoms with Crippen molar-refractivity contribution in [3.05, 3.63) is 95.1 Å². The lowest BCUT2D eigenvalue weighted by Crippen LogP contribution is -2.30. The quantitative estimate of drug-likeness (QED) is 0.580. The molecule has 30 heavy (non-hydrogen) atoms. The first-order chi connectivity index (χ1) is 14.6. The van der Waals surface area contributed by atoms with Gasteiger partial charge in [-0.15, -0.1) is 0 Å². The van der Waals surface area contributed by atoms with Crippen LogP contribution in [0.15, 0.2) is 72.8 Å². The molecule has 0 saturated heterocycles. The SMILES string of the molecule is CC(Oc1ccc2c(c1)CCCC2)C(=O)Nc1ccccc1C(=O)c1ccccc1. The molecule has 1 atom stereocenters. The molecule has 3 aromatic rings. The van der Waals surface area contributed by atoms with Crippen molar-refractivity contribution >= 4 is 17.4 Å². The monoisotopic (exact) mass is 399 g/mol. The summed E-state index contributed by atoms with van der Waals surface area (Å²) in [5, 5.41) is 2.86. The van der Waals surface area contributed by atoms with E-state index in [2.05, 4.69) is 11.4 Å². The second-order valence-corrected chi connectivity index (χ2v) is 7.63. The predicted octanol–water partition coefficient (Wildman–Crippen LogP) is 5.20. The number of hydrogen-bond donors (Lipinski definition) is 1. The lowest BCUT2D eigenvalue weighted by Gasteiger charge is -2.19. The van der Waals surface area contributed by atoms with E-state index in [1.165, 1.54) is 24.0 Å². The second kappa shape index (κ2) is 8.95. The van der Waals surface area contributed by atoms with E-state index in [0.29, 0.717) is 22.6 Å². The van der Waals surface area contributed by atoms with Gasteiger partial charge in [0.25, 0.3) is 5.91 Å². The van der Waals surface area contributed by atoms with E-state index in [9.17, 15) is 9.59 Å². The van der Waals surface area contributed by atoms with Crippen LogP contribution in [0.25, 0.3) is 0 Å². The van der Waals surface area contributed by atoms with Gasteiger partial charge in [0.15, 0.2) is 11.9 Å². The number of rotatable bonds is 6. The van der Waals surface area contributed by atoms with Gasteiger partial charge >= 0.3 is 0 Å². The molecule has 152 valence electrons. The number of anilines is 1. The Bertz CT molecular complexity index is 1060. The van der Waals surface area contributed by atoms with E-state index in [-0.39, 0.29) is 11.7 Å². The number of benzene rings is 3. The Labute approximate surface area is 176 Å². The maximum Gasteiger partial charge on any atom is 0.265 e. The van der Waals surface area contributed by atoms with Crippen LogP contribution in [0.5, 0.6) is 5.75 Å². The fourth-order valence-electron chi connectivity index (χ4n) is 3.81. The van der Waals surface area contributed by atoms with E-state index in [1.54, 1.807) is 43.3 Å². The van der Waals surface area contributed by atoms with Crippen molar-refractivity contribution in [3.8, 4) is 5.75 Å². The maximum atomic E-state index is 12.9. The van der Waals surface area contributed by atoms with Crippen molar-refractivity contribution in [2.45, 2.75) is 38.7 Å². The molecular formula is C26H25NO3. The van der Waals surface area contributed by atoms with E-state index in [0.717, 1.165) is 12.8 Å². The Kier molecular flexibility index (Phi) is 5.94. The van der Waals surface area contributed by atoms with Crippen LogP contribution >= 0.6 is 0 Å². The summed E-state index contributed by atoms with van der Waals surface area (Å²) < 4.78 is 5.90. The summed E-state index contributed by atoms with van der Waals surface area (Å²) in [6.45, 7) is 1.72. The van der Waals surface area contributed by atoms with Crippen LogP contribution in [0.1, 0.15) is 46.8 Å². The first kappa shape index (κ1) is 19.9. The van der Waals surface area contributed by atoms with Crippen LogP contribution in [0, 0.1) is 0 Å². The molecule has 0 saturated carbocycles. The molecule has 1 aliphatic carbocycles. The fraction of sp³-hybridized carbons (Fsp3) is 0.231. The number of amides is 1. The summed E-state index contributed by atoms with van der Waals surface area (Å²) in [7, 11) is 0. The highest BCUT2D eigenvalue weighted by Crippen LogP contribution is 2.26. The molecule has 0 aromatic heterocycles. The van der Waals surface area contributed by atoms with Crippen LogP contribution in [0.4, 0.5) is 5.69 Å². The van der Waals surface area contributed by atoms with Gasteiger partial charge in [0.1, 0.15) is 5.75 Å². The van der Waals surface area contributed by atoms with Gasteiger partial charge in [0.2, 0.25) is 0 Å². The van der Waals surface area contributed by atoms with Crippen LogP contribution in [0.2, 0.25) is 0 Å². The Morgan fingerprint density at radius 2 is 1.57 bits per heavy atom. The molecule has 0 heterocycles. The zero-order valence-corrected chi connectivity index (χ0v) is 17.1. The van der Waals surface area contributed by atoms with E-state index >= 15 is 0 Å². The third-order valence-electron chi connectivity index (χ3n) is 5.47. The largest absolute Gasteiger partial charge is 0.481 e.